The number of nitrogens with zero attached hydrogens (tertiary/aromatic N) is 3. The summed E-state index contributed by atoms with van der Waals surface area (Å²) in [5.74, 6) is -0.407. The van der Waals surface area contributed by atoms with Gasteiger partial charge < -0.3 is 14.8 Å². The molecule has 0 saturated carbocycles. The molecule has 7 nitrogen and oxygen atoms in total. The van der Waals surface area contributed by atoms with Crippen molar-refractivity contribution in [2.24, 2.45) is 18.0 Å². The zero-order chi connectivity index (χ0) is 25.4. The van der Waals surface area contributed by atoms with E-state index in [9.17, 15) is 18.0 Å². The van der Waals surface area contributed by atoms with Crippen molar-refractivity contribution < 1.29 is 27.4 Å². The molecule has 192 valence electrons. The molecule has 1 aromatic heterocycles. The van der Waals surface area contributed by atoms with E-state index in [0.717, 1.165) is 43.8 Å². The Morgan fingerprint density at radius 3 is 2.54 bits per heavy atom. The van der Waals surface area contributed by atoms with E-state index in [4.69, 9.17) is 9.47 Å². The highest BCUT2D eigenvalue weighted by molar-refractivity contribution is 5.97. The molecule has 0 unspecified atom stereocenters. The van der Waals surface area contributed by atoms with Gasteiger partial charge in [0.1, 0.15) is 5.75 Å². The van der Waals surface area contributed by atoms with Gasteiger partial charge in [0.2, 0.25) is 0 Å². The Morgan fingerprint density at radius 2 is 1.97 bits per heavy atom. The first-order valence-corrected chi connectivity index (χ1v) is 12.0. The number of hydrogen-bond acceptors (Lipinski definition) is 4. The minimum atomic E-state index is -4.59. The van der Waals surface area contributed by atoms with Crippen LogP contribution in [-0.4, -0.2) is 47.7 Å². The van der Waals surface area contributed by atoms with Gasteiger partial charge in [-0.15, -0.1) is 0 Å². The maximum Gasteiger partial charge on any atom is 0.416 e. The Balaban J connectivity index is 1.74. The van der Waals surface area contributed by atoms with Crippen LogP contribution in [0.3, 0.4) is 0 Å². The minimum Gasteiger partial charge on any atom is -0.492 e. The molecule has 1 atom stereocenters. The topological polar surface area (TPSA) is 69.8 Å². The summed E-state index contributed by atoms with van der Waals surface area (Å²) in [5.41, 5.74) is -0.0173. The molecule has 0 radical (unpaired) electrons. The molecule has 2 fully saturated rings. The molecule has 10 heteroatoms. The van der Waals surface area contributed by atoms with Crippen molar-refractivity contribution in [1.82, 2.24) is 14.7 Å². The molecule has 1 N–H and O–H groups in total. The number of nitrogens with one attached hydrogen (secondary N) is 1. The van der Waals surface area contributed by atoms with Crippen molar-refractivity contribution >= 4 is 5.91 Å². The zero-order valence-corrected chi connectivity index (χ0v) is 20.6. The predicted molar refractivity (Wildman–Crippen MR) is 124 cm³/mol. The number of alkyl halides is 3. The first-order valence-electron chi connectivity index (χ1n) is 12.0. The summed E-state index contributed by atoms with van der Waals surface area (Å²) in [6, 6.07) is 4.80. The Labute approximate surface area is 202 Å². The van der Waals surface area contributed by atoms with Crippen LogP contribution >= 0.6 is 0 Å². The highest BCUT2D eigenvalue weighted by Gasteiger charge is 2.32. The van der Waals surface area contributed by atoms with Gasteiger partial charge >= 0.3 is 6.18 Å². The summed E-state index contributed by atoms with van der Waals surface area (Å²) in [4.78, 5) is 17.6. The summed E-state index contributed by atoms with van der Waals surface area (Å²) in [6.45, 7) is 9.22. The molecule has 35 heavy (non-hydrogen) atoms. The van der Waals surface area contributed by atoms with Gasteiger partial charge in [0.25, 0.3) is 5.91 Å². The third kappa shape index (κ3) is 5.81. The second-order valence-corrected chi connectivity index (χ2v) is 10.3. The standard InChI is InChI=1S/C25H33F3N4O3/c1-24(2,3)21-11-22(32(31(21)4)14-18-6-5-9-34-18)30-23(33)19-10-17(25(26,27)28)7-8-20(19)35-15-16-12-29-13-16/h7-8,10-11,16,18,29H,5-6,9,12-15H2,1-4H3/b30-22+/t18-/m1/s1. The van der Waals surface area contributed by atoms with Gasteiger partial charge in [-0.3, -0.25) is 14.2 Å². The number of benzene rings is 1. The average Bonchev–Trinajstić information content (AvgIpc) is 3.35. The van der Waals surface area contributed by atoms with E-state index in [1.807, 2.05) is 22.5 Å². The quantitative estimate of drug-likeness (QED) is 0.666. The third-order valence-electron chi connectivity index (χ3n) is 6.50. The third-order valence-corrected chi connectivity index (χ3v) is 6.50. The first kappa shape index (κ1) is 25.5. The minimum absolute atomic E-state index is 0.00555. The average molecular weight is 495 g/mol. The number of rotatable bonds is 6. The number of hydrogen-bond donors (Lipinski definition) is 1. The van der Waals surface area contributed by atoms with Crippen molar-refractivity contribution in [3.63, 3.8) is 0 Å². The van der Waals surface area contributed by atoms with Crippen LogP contribution in [-0.2, 0) is 29.9 Å². The number of ether oxygens (including phenoxy) is 2. The lowest BCUT2D eigenvalue weighted by Gasteiger charge is -2.27. The fraction of sp³-hybridized carbons (Fsp3) is 0.600. The molecule has 2 saturated heterocycles. The monoisotopic (exact) mass is 494 g/mol. The van der Waals surface area contributed by atoms with Gasteiger partial charge in [0, 0.05) is 49.8 Å². The Bertz CT molecular complexity index is 1130. The van der Waals surface area contributed by atoms with E-state index in [1.165, 1.54) is 6.07 Å². The number of carbonyl (C=O) groups excluding carboxylic acids is 1. The van der Waals surface area contributed by atoms with Crippen LogP contribution in [0.1, 0.15) is 55.2 Å². The number of aromatic nitrogens is 2. The van der Waals surface area contributed by atoms with Crippen LogP contribution in [0.15, 0.2) is 29.3 Å². The molecular formula is C25H33F3N4O3. The second kappa shape index (κ2) is 9.81. The van der Waals surface area contributed by atoms with Crippen LogP contribution in [0.2, 0.25) is 0 Å². The lowest BCUT2D eigenvalue weighted by atomic mass is 9.92. The summed E-state index contributed by atoms with van der Waals surface area (Å²) in [5, 5.41) is 3.12. The van der Waals surface area contributed by atoms with Crippen LogP contribution in [0.25, 0.3) is 0 Å². The molecule has 1 aromatic carbocycles. The maximum absolute atomic E-state index is 13.4. The van der Waals surface area contributed by atoms with Gasteiger partial charge in [-0.05, 0) is 31.0 Å². The largest absolute Gasteiger partial charge is 0.492 e. The Kier molecular flexibility index (Phi) is 7.15. The van der Waals surface area contributed by atoms with E-state index < -0.39 is 17.6 Å². The highest BCUT2D eigenvalue weighted by Crippen LogP contribution is 2.33. The predicted octanol–water partition coefficient (Wildman–Crippen LogP) is 3.66. The molecule has 3 heterocycles. The molecule has 4 rings (SSSR count). The van der Waals surface area contributed by atoms with E-state index >= 15 is 0 Å². The molecular weight excluding hydrogens is 461 g/mol. The van der Waals surface area contributed by atoms with Gasteiger partial charge in [0.05, 0.1) is 30.4 Å². The van der Waals surface area contributed by atoms with E-state index in [0.29, 0.717) is 25.2 Å². The molecule has 1 amide bonds. The summed E-state index contributed by atoms with van der Waals surface area (Å²) >= 11 is 0. The summed E-state index contributed by atoms with van der Waals surface area (Å²) in [7, 11) is 1.89. The van der Waals surface area contributed by atoms with Crippen LogP contribution in [0.4, 0.5) is 13.2 Å². The lowest BCUT2D eigenvalue weighted by Crippen LogP contribution is -2.45. The zero-order valence-electron chi connectivity index (χ0n) is 20.6. The SMILES string of the molecule is Cn1c(C(C)(C)C)c/c(=N\C(=O)c2cc(C(F)(F)F)ccc2OCC2CNC2)n1C[C@H]1CCCO1. The molecule has 0 aliphatic carbocycles. The van der Waals surface area contributed by atoms with Crippen molar-refractivity contribution in [2.45, 2.75) is 57.9 Å². The second-order valence-electron chi connectivity index (χ2n) is 10.3. The molecule has 2 aromatic rings. The van der Waals surface area contributed by atoms with Crippen LogP contribution in [0, 0.1) is 5.92 Å². The summed E-state index contributed by atoms with van der Waals surface area (Å²) < 4.78 is 55.7. The van der Waals surface area contributed by atoms with Crippen molar-refractivity contribution in [3.05, 3.63) is 46.6 Å². The maximum atomic E-state index is 13.4. The molecule has 0 spiro atoms. The smallest absolute Gasteiger partial charge is 0.416 e. The molecule has 2 aliphatic rings. The van der Waals surface area contributed by atoms with Crippen LogP contribution in [0.5, 0.6) is 5.75 Å². The fourth-order valence-corrected chi connectivity index (χ4v) is 4.40. The van der Waals surface area contributed by atoms with Gasteiger partial charge in [-0.2, -0.15) is 18.2 Å². The van der Waals surface area contributed by atoms with Gasteiger partial charge in [0.15, 0.2) is 5.49 Å². The van der Waals surface area contributed by atoms with Crippen LogP contribution < -0.4 is 15.5 Å². The fourth-order valence-electron chi connectivity index (χ4n) is 4.40. The number of amides is 1. The molecule has 0 bridgehead atoms. The summed E-state index contributed by atoms with van der Waals surface area (Å²) in [6.07, 6.45) is -2.72. The van der Waals surface area contributed by atoms with E-state index in [-0.39, 0.29) is 28.7 Å². The van der Waals surface area contributed by atoms with Crippen molar-refractivity contribution in [2.75, 3.05) is 26.3 Å². The van der Waals surface area contributed by atoms with E-state index in [2.05, 4.69) is 31.1 Å². The molecule has 2 aliphatic heterocycles. The Morgan fingerprint density at radius 1 is 1.23 bits per heavy atom. The number of carbonyl (C=O) groups is 1. The van der Waals surface area contributed by atoms with Gasteiger partial charge in [-0.25, -0.2) is 0 Å². The lowest BCUT2D eigenvalue weighted by molar-refractivity contribution is -0.137. The van der Waals surface area contributed by atoms with Crippen molar-refractivity contribution in [3.8, 4) is 5.75 Å². The van der Waals surface area contributed by atoms with Crippen molar-refractivity contribution in [1.29, 1.82) is 0 Å². The normalized spacial score (nSPS) is 19.7. The first-order chi connectivity index (χ1) is 16.4. The number of halogens is 3. The Hall–Kier alpha value is -2.59. The highest BCUT2D eigenvalue weighted by atomic mass is 19.4. The van der Waals surface area contributed by atoms with E-state index in [1.54, 1.807) is 0 Å². The van der Waals surface area contributed by atoms with Gasteiger partial charge in [-0.1, -0.05) is 20.8 Å².